The van der Waals surface area contributed by atoms with E-state index in [1.165, 1.54) is 38.2 Å². The lowest BCUT2D eigenvalue weighted by molar-refractivity contribution is -0.156. The lowest BCUT2D eigenvalue weighted by atomic mass is 10.1. The largest absolute Gasteiger partial charge is 0.451 e. The van der Waals surface area contributed by atoms with E-state index in [1.807, 2.05) is 0 Å². The van der Waals surface area contributed by atoms with Crippen LogP contribution in [0.15, 0.2) is 42.6 Å². The van der Waals surface area contributed by atoms with Gasteiger partial charge in [0.15, 0.2) is 6.10 Å². The molecule has 0 aliphatic carbocycles. The first-order valence-electron chi connectivity index (χ1n) is 8.39. The third-order valence-corrected chi connectivity index (χ3v) is 4.42. The molecule has 144 valence electrons. The number of fused-ring (bicyclic) bond motifs is 1. The monoisotopic (exact) mass is 401 g/mol. The lowest BCUT2D eigenvalue weighted by Gasteiger charge is -2.22. The summed E-state index contributed by atoms with van der Waals surface area (Å²) in [4.78, 5) is 54.2. The van der Waals surface area contributed by atoms with Gasteiger partial charge < -0.3 is 10.1 Å². The Bertz CT molecular complexity index is 925. The third-order valence-electron chi connectivity index (χ3n) is 4.19. The summed E-state index contributed by atoms with van der Waals surface area (Å²) in [6.07, 6.45) is 0.195. The minimum atomic E-state index is -1.18. The average molecular weight is 402 g/mol. The molecule has 8 nitrogen and oxygen atoms in total. The third kappa shape index (κ3) is 3.72. The molecule has 2 atom stereocenters. The van der Waals surface area contributed by atoms with Crippen molar-refractivity contribution >= 4 is 41.1 Å². The summed E-state index contributed by atoms with van der Waals surface area (Å²) in [5, 5.41) is 2.89. The first-order valence-corrected chi connectivity index (χ1v) is 8.77. The zero-order valence-electron chi connectivity index (χ0n) is 15.0. The molecule has 1 aliphatic rings. The van der Waals surface area contributed by atoms with Gasteiger partial charge in [-0.1, -0.05) is 23.7 Å². The van der Waals surface area contributed by atoms with E-state index in [0.717, 1.165) is 4.90 Å². The Hall–Kier alpha value is -3.26. The molecule has 3 rings (SSSR count). The first kappa shape index (κ1) is 19.5. The number of carbonyl (C=O) groups excluding carboxylic acids is 4. The van der Waals surface area contributed by atoms with E-state index in [2.05, 4.69) is 10.3 Å². The van der Waals surface area contributed by atoms with E-state index in [0.29, 0.717) is 5.02 Å². The van der Waals surface area contributed by atoms with Crippen molar-refractivity contribution in [3.63, 3.8) is 0 Å². The Morgan fingerprint density at radius 1 is 1.07 bits per heavy atom. The number of rotatable bonds is 5. The fourth-order valence-electron chi connectivity index (χ4n) is 2.67. The van der Waals surface area contributed by atoms with Crippen LogP contribution in [-0.4, -0.2) is 45.7 Å². The molecule has 0 saturated carbocycles. The molecule has 1 aliphatic heterocycles. The molecule has 1 N–H and O–H groups in total. The number of halogens is 1. The molecule has 0 radical (unpaired) electrons. The molecule has 2 aromatic rings. The molecule has 1 aromatic heterocycles. The number of nitrogens with one attached hydrogen (secondary N) is 1. The number of nitrogens with zero attached hydrogens (tertiary/aromatic N) is 2. The molecule has 2 heterocycles. The number of hydrogen-bond donors (Lipinski definition) is 1. The smallest absolute Gasteiger partial charge is 0.329 e. The number of aromatic nitrogens is 1. The molecule has 28 heavy (non-hydrogen) atoms. The minimum Gasteiger partial charge on any atom is -0.451 e. The average Bonchev–Trinajstić information content (AvgIpc) is 2.93. The van der Waals surface area contributed by atoms with Crippen LogP contribution in [0.5, 0.6) is 0 Å². The van der Waals surface area contributed by atoms with Gasteiger partial charge in [-0.15, -0.1) is 0 Å². The second kappa shape index (κ2) is 7.77. The summed E-state index contributed by atoms with van der Waals surface area (Å²) in [6.45, 7) is 2.74. The second-order valence-corrected chi connectivity index (χ2v) is 6.57. The number of esters is 1. The number of ether oxygens (including phenoxy) is 1. The lowest BCUT2D eigenvalue weighted by Crippen LogP contribution is -2.45. The van der Waals surface area contributed by atoms with E-state index in [1.54, 1.807) is 18.2 Å². The zero-order chi connectivity index (χ0) is 20.4. The van der Waals surface area contributed by atoms with Crippen molar-refractivity contribution in [2.45, 2.75) is 26.0 Å². The van der Waals surface area contributed by atoms with Gasteiger partial charge >= 0.3 is 5.97 Å². The van der Waals surface area contributed by atoms with Crippen LogP contribution in [0.3, 0.4) is 0 Å². The summed E-state index contributed by atoms with van der Waals surface area (Å²) < 4.78 is 5.13. The molecule has 0 fully saturated rings. The van der Waals surface area contributed by atoms with E-state index in [4.69, 9.17) is 16.3 Å². The standard InChI is InChI=1S/C19H16ClN3O5/c1-10(23-17(25)13-5-3-4-6-14(13)18(23)26)19(27)28-11(2)16(24)22-15-8-7-12(20)9-21-15/h3-11H,1-2H3,(H,21,22,24)/t10-,11-/m0/s1. The van der Waals surface area contributed by atoms with Crippen LogP contribution in [-0.2, 0) is 14.3 Å². The fourth-order valence-corrected chi connectivity index (χ4v) is 2.78. The highest BCUT2D eigenvalue weighted by Crippen LogP contribution is 2.25. The van der Waals surface area contributed by atoms with Gasteiger partial charge in [0.25, 0.3) is 17.7 Å². The van der Waals surface area contributed by atoms with Gasteiger partial charge in [0.2, 0.25) is 0 Å². The number of carbonyl (C=O) groups is 4. The van der Waals surface area contributed by atoms with Crippen LogP contribution in [0.4, 0.5) is 5.82 Å². The van der Waals surface area contributed by atoms with E-state index in [9.17, 15) is 19.2 Å². The Labute approximate surface area is 165 Å². The molecular formula is C19H16ClN3O5. The van der Waals surface area contributed by atoms with Crippen LogP contribution < -0.4 is 5.32 Å². The molecule has 9 heteroatoms. The predicted molar refractivity (Wildman–Crippen MR) is 99.8 cm³/mol. The van der Waals surface area contributed by atoms with Gasteiger partial charge in [-0.2, -0.15) is 0 Å². The highest BCUT2D eigenvalue weighted by atomic mass is 35.5. The highest BCUT2D eigenvalue weighted by molar-refractivity contribution is 6.30. The van der Waals surface area contributed by atoms with Crippen molar-refractivity contribution in [3.8, 4) is 0 Å². The van der Waals surface area contributed by atoms with Crippen molar-refractivity contribution in [1.29, 1.82) is 0 Å². The summed E-state index contributed by atoms with van der Waals surface area (Å²) in [6, 6.07) is 8.16. The molecule has 1 aromatic carbocycles. The SMILES string of the molecule is C[C@H](OC(=O)[C@H](C)N1C(=O)c2ccccc2C1=O)C(=O)Nc1ccc(Cl)cn1. The molecule has 0 saturated heterocycles. The van der Waals surface area contributed by atoms with Crippen LogP contribution in [0, 0.1) is 0 Å². The summed E-state index contributed by atoms with van der Waals surface area (Å²) in [7, 11) is 0. The van der Waals surface area contributed by atoms with E-state index >= 15 is 0 Å². The summed E-state index contributed by atoms with van der Waals surface area (Å²) >= 11 is 5.73. The van der Waals surface area contributed by atoms with Gasteiger partial charge in [-0.05, 0) is 38.1 Å². The molecule has 0 bridgehead atoms. The Morgan fingerprint density at radius 2 is 1.68 bits per heavy atom. The van der Waals surface area contributed by atoms with Crippen molar-refractivity contribution in [3.05, 3.63) is 58.7 Å². The van der Waals surface area contributed by atoms with Crippen LogP contribution >= 0.6 is 11.6 Å². The highest BCUT2D eigenvalue weighted by Gasteiger charge is 2.41. The number of pyridine rings is 1. The topological polar surface area (TPSA) is 106 Å². The van der Waals surface area contributed by atoms with Gasteiger partial charge in [0, 0.05) is 6.20 Å². The van der Waals surface area contributed by atoms with Crippen molar-refractivity contribution in [2.75, 3.05) is 5.32 Å². The zero-order valence-corrected chi connectivity index (χ0v) is 15.8. The van der Waals surface area contributed by atoms with E-state index in [-0.39, 0.29) is 16.9 Å². The van der Waals surface area contributed by atoms with Crippen molar-refractivity contribution in [2.24, 2.45) is 0 Å². The van der Waals surface area contributed by atoms with Gasteiger partial charge in [0.05, 0.1) is 16.1 Å². The summed E-state index contributed by atoms with van der Waals surface area (Å²) in [5.74, 6) is -2.40. The second-order valence-electron chi connectivity index (χ2n) is 6.13. The van der Waals surface area contributed by atoms with Crippen molar-refractivity contribution < 1.29 is 23.9 Å². The number of amides is 3. The minimum absolute atomic E-state index is 0.228. The fraction of sp³-hybridized carbons (Fsp3) is 0.211. The van der Waals surface area contributed by atoms with E-state index < -0.39 is 35.8 Å². The number of anilines is 1. The van der Waals surface area contributed by atoms with Gasteiger partial charge in [0.1, 0.15) is 11.9 Å². The summed E-state index contributed by atoms with van der Waals surface area (Å²) in [5.41, 5.74) is 0.457. The van der Waals surface area contributed by atoms with Gasteiger partial charge in [-0.3, -0.25) is 19.3 Å². The number of benzene rings is 1. The van der Waals surface area contributed by atoms with Crippen LogP contribution in [0.2, 0.25) is 5.02 Å². The Kier molecular flexibility index (Phi) is 5.41. The maximum atomic E-state index is 12.4. The quantitative estimate of drug-likeness (QED) is 0.608. The van der Waals surface area contributed by atoms with Crippen LogP contribution in [0.1, 0.15) is 34.6 Å². The molecule has 0 unspecified atom stereocenters. The maximum absolute atomic E-state index is 12.4. The first-order chi connectivity index (χ1) is 13.3. The maximum Gasteiger partial charge on any atom is 0.329 e. The molecule has 3 amide bonds. The molecule has 0 spiro atoms. The Morgan fingerprint density at radius 3 is 2.21 bits per heavy atom. The normalized spacial score (nSPS) is 15.0. The Balaban J connectivity index is 1.64. The number of imide groups is 1. The predicted octanol–water partition coefficient (Wildman–Crippen LogP) is 2.29. The van der Waals surface area contributed by atoms with Gasteiger partial charge in [-0.25, -0.2) is 9.78 Å². The molecular weight excluding hydrogens is 386 g/mol. The number of hydrogen-bond acceptors (Lipinski definition) is 6. The van der Waals surface area contributed by atoms with Crippen LogP contribution in [0.25, 0.3) is 0 Å². The van der Waals surface area contributed by atoms with Crippen molar-refractivity contribution in [1.82, 2.24) is 9.88 Å².